The Balaban J connectivity index is 1.80. The van der Waals surface area contributed by atoms with Gasteiger partial charge in [0.2, 0.25) is 0 Å². The Kier molecular flexibility index (Phi) is 4.66. The maximum atomic E-state index is 11.3. The van der Waals surface area contributed by atoms with E-state index >= 15 is 0 Å². The normalized spacial score (nSPS) is 10.6. The van der Waals surface area contributed by atoms with Crippen LogP contribution in [-0.4, -0.2) is 10.8 Å². The fourth-order valence-corrected chi connectivity index (χ4v) is 3.30. The molecule has 1 N–H and O–H groups in total. The highest BCUT2D eigenvalue weighted by molar-refractivity contribution is 7.14. The summed E-state index contributed by atoms with van der Waals surface area (Å²) in [5.41, 5.74) is 3.19. The summed E-state index contributed by atoms with van der Waals surface area (Å²) in [5, 5.41) is 7.07. The van der Waals surface area contributed by atoms with Crippen LogP contribution >= 0.6 is 34.5 Å². The molecule has 0 atom stereocenters. The molecule has 116 valence electrons. The Labute approximate surface area is 147 Å². The Bertz CT molecular complexity index is 859. The van der Waals surface area contributed by atoms with Gasteiger partial charge < -0.3 is 5.32 Å². The molecular formula is C17H12Cl2N2OS. The molecule has 0 aliphatic heterocycles. The van der Waals surface area contributed by atoms with Crippen molar-refractivity contribution in [3.05, 3.63) is 63.5 Å². The molecule has 2 aromatic carbocycles. The molecule has 0 aliphatic rings. The smallest absolute Gasteiger partial charge is 0.187 e. The number of aromatic nitrogens is 1. The van der Waals surface area contributed by atoms with E-state index in [1.807, 2.05) is 23.6 Å². The molecule has 1 aromatic heterocycles. The number of thiazole rings is 1. The van der Waals surface area contributed by atoms with Crippen LogP contribution in [0.3, 0.4) is 0 Å². The summed E-state index contributed by atoms with van der Waals surface area (Å²) in [4.78, 5) is 15.8. The zero-order valence-corrected chi connectivity index (χ0v) is 14.5. The van der Waals surface area contributed by atoms with Gasteiger partial charge in [-0.3, -0.25) is 4.79 Å². The zero-order chi connectivity index (χ0) is 16.4. The average Bonchev–Trinajstić information content (AvgIpc) is 2.96. The summed E-state index contributed by atoms with van der Waals surface area (Å²) in [6, 6.07) is 12.6. The minimum Gasteiger partial charge on any atom is -0.332 e. The first kappa shape index (κ1) is 16.0. The lowest BCUT2D eigenvalue weighted by atomic mass is 10.1. The van der Waals surface area contributed by atoms with Crippen LogP contribution in [0.4, 0.5) is 10.8 Å². The highest BCUT2D eigenvalue weighted by Gasteiger charge is 2.09. The fourth-order valence-electron chi connectivity index (χ4n) is 2.06. The van der Waals surface area contributed by atoms with Crippen molar-refractivity contribution in [2.24, 2.45) is 0 Å². The molecule has 0 fully saturated rings. The van der Waals surface area contributed by atoms with Gasteiger partial charge in [-0.15, -0.1) is 11.3 Å². The van der Waals surface area contributed by atoms with Crippen molar-refractivity contribution >= 4 is 51.1 Å². The Morgan fingerprint density at radius 2 is 1.87 bits per heavy atom. The minimum absolute atomic E-state index is 0.0467. The number of rotatable bonds is 4. The van der Waals surface area contributed by atoms with E-state index in [0.29, 0.717) is 15.6 Å². The van der Waals surface area contributed by atoms with Crippen molar-refractivity contribution in [2.75, 3.05) is 5.32 Å². The van der Waals surface area contributed by atoms with Gasteiger partial charge in [-0.1, -0.05) is 23.2 Å². The maximum Gasteiger partial charge on any atom is 0.187 e. The summed E-state index contributed by atoms with van der Waals surface area (Å²) in [6.45, 7) is 1.55. The number of carbonyl (C=O) groups is 1. The van der Waals surface area contributed by atoms with Crippen molar-refractivity contribution < 1.29 is 4.79 Å². The SMILES string of the molecule is CC(=O)c1ccc(Nc2nc(-c3ccc(Cl)cc3Cl)cs2)cc1. The number of hydrogen-bond acceptors (Lipinski definition) is 4. The molecule has 0 saturated heterocycles. The molecule has 0 radical (unpaired) electrons. The Morgan fingerprint density at radius 1 is 1.13 bits per heavy atom. The minimum atomic E-state index is 0.0467. The van der Waals surface area contributed by atoms with Crippen molar-refractivity contribution in [1.82, 2.24) is 4.98 Å². The van der Waals surface area contributed by atoms with Crippen LogP contribution in [0.25, 0.3) is 11.3 Å². The van der Waals surface area contributed by atoms with E-state index in [2.05, 4.69) is 10.3 Å². The zero-order valence-electron chi connectivity index (χ0n) is 12.1. The standard InChI is InChI=1S/C17H12Cl2N2OS/c1-10(22)11-2-5-13(6-3-11)20-17-21-16(9-23-17)14-7-4-12(18)8-15(14)19/h2-9H,1H3,(H,20,21). The molecule has 3 rings (SSSR count). The molecule has 0 amide bonds. The number of benzene rings is 2. The lowest BCUT2D eigenvalue weighted by molar-refractivity contribution is 0.101. The van der Waals surface area contributed by atoms with Crippen LogP contribution in [0, 0.1) is 0 Å². The quantitative estimate of drug-likeness (QED) is 0.573. The number of Topliss-reactive ketones (excluding diaryl/α,β-unsaturated/α-hetero) is 1. The van der Waals surface area contributed by atoms with Crippen molar-refractivity contribution in [3.63, 3.8) is 0 Å². The second-order valence-electron chi connectivity index (χ2n) is 4.92. The molecule has 0 bridgehead atoms. The first-order valence-electron chi connectivity index (χ1n) is 6.82. The van der Waals surface area contributed by atoms with Crippen LogP contribution in [0.15, 0.2) is 47.8 Å². The molecule has 0 unspecified atom stereocenters. The van der Waals surface area contributed by atoms with Gasteiger partial charge in [-0.25, -0.2) is 4.98 Å². The van der Waals surface area contributed by atoms with Crippen LogP contribution < -0.4 is 5.32 Å². The summed E-state index contributed by atoms with van der Waals surface area (Å²) >= 11 is 13.6. The van der Waals surface area contributed by atoms with Gasteiger partial charge in [0.05, 0.1) is 10.7 Å². The fraction of sp³-hybridized carbons (Fsp3) is 0.0588. The van der Waals surface area contributed by atoms with E-state index in [4.69, 9.17) is 23.2 Å². The average molecular weight is 363 g/mol. The van der Waals surface area contributed by atoms with Gasteiger partial charge >= 0.3 is 0 Å². The van der Waals surface area contributed by atoms with Crippen LogP contribution in [0.1, 0.15) is 17.3 Å². The number of nitrogens with one attached hydrogen (secondary N) is 1. The van der Waals surface area contributed by atoms with E-state index in [9.17, 15) is 4.79 Å². The van der Waals surface area contributed by atoms with Gasteiger partial charge in [0.15, 0.2) is 10.9 Å². The maximum absolute atomic E-state index is 11.3. The molecule has 23 heavy (non-hydrogen) atoms. The van der Waals surface area contributed by atoms with E-state index in [1.165, 1.54) is 11.3 Å². The highest BCUT2D eigenvalue weighted by Crippen LogP contribution is 2.33. The number of hydrogen-bond donors (Lipinski definition) is 1. The predicted octanol–water partition coefficient (Wildman–Crippen LogP) is 6.06. The predicted molar refractivity (Wildman–Crippen MR) is 97.3 cm³/mol. The number of nitrogens with zero attached hydrogens (tertiary/aromatic N) is 1. The first-order valence-corrected chi connectivity index (χ1v) is 8.45. The van der Waals surface area contributed by atoms with E-state index in [0.717, 1.165) is 22.1 Å². The summed E-state index contributed by atoms with van der Waals surface area (Å²) in [5.74, 6) is 0.0467. The molecule has 3 aromatic rings. The molecular weight excluding hydrogens is 351 g/mol. The monoisotopic (exact) mass is 362 g/mol. The molecule has 1 heterocycles. The molecule has 0 spiro atoms. The van der Waals surface area contributed by atoms with Gasteiger partial charge in [0.1, 0.15) is 0 Å². The van der Waals surface area contributed by atoms with Crippen LogP contribution in [0.2, 0.25) is 10.0 Å². The Hall–Kier alpha value is -1.88. The topological polar surface area (TPSA) is 42.0 Å². The number of halogens is 2. The summed E-state index contributed by atoms with van der Waals surface area (Å²) in [7, 11) is 0. The van der Waals surface area contributed by atoms with Crippen LogP contribution in [0.5, 0.6) is 0 Å². The van der Waals surface area contributed by atoms with Crippen LogP contribution in [-0.2, 0) is 0 Å². The van der Waals surface area contributed by atoms with E-state index < -0.39 is 0 Å². The third-order valence-electron chi connectivity index (χ3n) is 3.25. The number of ketones is 1. The van der Waals surface area contributed by atoms with Gasteiger partial charge in [-0.2, -0.15) is 0 Å². The van der Waals surface area contributed by atoms with E-state index in [-0.39, 0.29) is 5.78 Å². The third-order valence-corrected chi connectivity index (χ3v) is 4.56. The third kappa shape index (κ3) is 3.72. The second-order valence-corrected chi connectivity index (χ2v) is 6.62. The summed E-state index contributed by atoms with van der Waals surface area (Å²) < 4.78 is 0. The first-order chi connectivity index (χ1) is 11.0. The summed E-state index contributed by atoms with van der Waals surface area (Å²) in [6.07, 6.45) is 0. The molecule has 3 nitrogen and oxygen atoms in total. The lowest BCUT2D eigenvalue weighted by Gasteiger charge is -2.03. The van der Waals surface area contributed by atoms with Crippen molar-refractivity contribution in [2.45, 2.75) is 6.92 Å². The largest absolute Gasteiger partial charge is 0.332 e. The van der Waals surface area contributed by atoms with Gasteiger partial charge in [-0.05, 0) is 49.4 Å². The second kappa shape index (κ2) is 6.71. The van der Waals surface area contributed by atoms with Gasteiger partial charge in [0, 0.05) is 27.2 Å². The molecule has 0 aliphatic carbocycles. The molecule has 6 heteroatoms. The Morgan fingerprint density at radius 3 is 2.52 bits per heavy atom. The lowest BCUT2D eigenvalue weighted by Crippen LogP contribution is -1.93. The van der Waals surface area contributed by atoms with E-state index in [1.54, 1.807) is 31.2 Å². The van der Waals surface area contributed by atoms with Crippen molar-refractivity contribution in [1.29, 1.82) is 0 Å². The highest BCUT2D eigenvalue weighted by atomic mass is 35.5. The molecule has 0 saturated carbocycles. The number of anilines is 2. The number of carbonyl (C=O) groups excluding carboxylic acids is 1. The van der Waals surface area contributed by atoms with Gasteiger partial charge in [0.25, 0.3) is 0 Å². The van der Waals surface area contributed by atoms with Crippen molar-refractivity contribution in [3.8, 4) is 11.3 Å².